The molecule has 4 rings (SSSR count). The number of thioether (sulfide) groups is 1. The van der Waals surface area contributed by atoms with Crippen molar-refractivity contribution in [3.8, 4) is 5.69 Å². The van der Waals surface area contributed by atoms with Crippen LogP contribution in [0.25, 0.3) is 5.69 Å². The maximum absolute atomic E-state index is 13.5. The lowest BCUT2D eigenvalue weighted by Gasteiger charge is -2.21. The van der Waals surface area contributed by atoms with Gasteiger partial charge in [-0.2, -0.15) is 0 Å². The Hall–Kier alpha value is -2.42. The number of hydrogen-bond donors (Lipinski definition) is 1. The fourth-order valence-electron chi connectivity index (χ4n) is 3.21. The summed E-state index contributed by atoms with van der Waals surface area (Å²) in [4.78, 5) is 15.2. The molecule has 2 atom stereocenters. The van der Waals surface area contributed by atoms with Crippen LogP contribution in [0.4, 0.5) is 4.39 Å². The Balaban J connectivity index is 1.74. The Bertz CT molecular complexity index is 1080. The summed E-state index contributed by atoms with van der Waals surface area (Å²) in [6.45, 7) is 2.04. The van der Waals surface area contributed by atoms with Gasteiger partial charge in [0.1, 0.15) is 11.1 Å². The zero-order valence-corrected chi connectivity index (χ0v) is 19.7. The zero-order chi connectivity index (χ0) is 22.8. The van der Waals surface area contributed by atoms with E-state index in [2.05, 4.69) is 15.5 Å². The molecule has 1 amide bonds. The van der Waals surface area contributed by atoms with Crippen LogP contribution in [0.3, 0.4) is 0 Å². The van der Waals surface area contributed by atoms with Gasteiger partial charge in [-0.3, -0.25) is 14.3 Å². The number of nitrogens with one attached hydrogen (secondary N) is 1. The summed E-state index contributed by atoms with van der Waals surface area (Å²) < 4.78 is 15.5. The molecular formula is C23H25ClFN5OS. The monoisotopic (exact) mass is 473 g/mol. The van der Waals surface area contributed by atoms with E-state index in [9.17, 15) is 9.18 Å². The molecule has 168 valence electrons. The molecule has 1 heterocycles. The molecule has 0 bridgehead atoms. The summed E-state index contributed by atoms with van der Waals surface area (Å²) in [6.07, 6.45) is 1.97. The summed E-state index contributed by atoms with van der Waals surface area (Å²) in [7, 11) is 3.95. The van der Waals surface area contributed by atoms with Crippen molar-refractivity contribution in [2.45, 2.75) is 42.3 Å². The van der Waals surface area contributed by atoms with E-state index >= 15 is 0 Å². The van der Waals surface area contributed by atoms with Gasteiger partial charge in [-0.15, -0.1) is 10.2 Å². The first-order chi connectivity index (χ1) is 15.3. The predicted molar refractivity (Wildman–Crippen MR) is 125 cm³/mol. The molecule has 1 aliphatic rings. The Morgan fingerprint density at radius 3 is 2.41 bits per heavy atom. The molecule has 1 aliphatic carbocycles. The molecule has 1 saturated carbocycles. The fourth-order valence-corrected chi connectivity index (χ4v) is 4.41. The molecule has 32 heavy (non-hydrogen) atoms. The third-order valence-electron chi connectivity index (χ3n) is 5.45. The number of rotatable bonds is 8. The largest absolute Gasteiger partial charge is 0.352 e. The summed E-state index contributed by atoms with van der Waals surface area (Å²) in [5.74, 6) is 0.295. The van der Waals surface area contributed by atoms with Gasteiger partial charge in [-0.05, 0) is 75.8 Å². The molecular weight excluding hydrogens is 449 g/mol. The maximum atomic E-state index is 13.5. The zero-order valence-electron chi connectivity index (χ0n) is 18.1. The first-order valence-corrected chi connectivity index (χ1v) is 11.7. The highest BCUT2D eigenvalue weighted by Gasteiger charge is 2.31. The smallest absolute Gasteiger partial charge is 0.238 e. The van der Waals surface area contributed by atoms with Crippen molar-refractivity contribution >= 4 is 29.3 Å². The topological polar surface area (TPSA) is 63.1 Å². The molecule has 0 aliphatic heterocycles. The molecule has 0 saturated heterocycles. The summed E-state index contributed by atoms with van der Waals surface area (Å²) in [6, 6.07) is 13.7. The minimum Gasteiger partial charge on any atom is -0.352 e. The summed E-state index contributed by atoms with van der Waals surface area (Å²) in [5.41, 5.74) is 1.56. The van der Waals surface area contributed by atoms with E-state index in [1.165, 1.54) is 23.9 Å². The van der Waals surface area contributed by atoms with Crippen molar-refractivity contribution in [1.82, 2.24) is 25.0 Å². The van der Waals surface area contributed by atoms with Gasteiger partial charge in [0.25, 0.3) is 0 Å². The van der Waals surface area contributed by atoms with Gasteiger partial charge < -0.3 is 5.32 Å². The lowest BCUT2D eigenvalue weighted by atomic mass is 10.1. The van der Waals surface area contributed by atoms with Crippen LogP contribution in [0.2, 0.25) is 5.02 Å². The lowest BCUT2D eigenvalue weighted by Crippen LogP contribution is -2.30. The van der Waals surface area contributed by atoms with Gasteiger partial charge in [0.05, 0.1) is 6.04 Å². The van der Waals surface area contributed by atoms with Crippen LogP contribution in [-0.4, -0.2) is 45.7 Å². The van der Waals surface area contributed by atoms with Crippen LogP contribution in [0.5, 0.6) is 0 Å². The normalized spacial score (nSPS) is 15.6. The third kappa shape index (κ3) is 5.14. The highest BCUT2D eigenvalue weighted by molar-refractivity contribution is 8.00. The number of amides is 1. The van der Waals surface area contributed by atoms with Crippen molar-refractivity contribution in [2.75, 3.05) is 14.1 Å². The van der Waals surface area contributed by atoms with Gasteiger partial charge in [-0.25, -0.2) is 4.39 Å². The highest BCUT2D eigenvalue weighted by atomic mass is 35.5. The standard InChI is InChI=1S/C23H25ClFN5OS/c1-14(29(2)3)21-27-28-23(30(21)19-12-6-16(24)7-13-19)32-20(22(31)26-18-10-11-18)15-4-8-17(25)9-5-15/h4-9,12-14,18,20H,10-11H2,1-3H3,(H,26,31). The van der Waals surface area contributed by atoms with Gasteiger partial charge >= 0.3 is 0 Å². The molecule has 2 aromatic carbocycles. The van der Waals surface area contributed by atoms with E-state index < -0.39 is 5.25 Å². The van der Waals surface area contributed by atoms with E-state index in [1.54, 1.807) is 12.1 Å². The minimum atomic E-state index is -0.589. The number of halogens is 2. The van der Waals surface area contributed by atoms with Crippen molar-refractivity contribution in [2.24, 2.45) is 0 Å². The summed E-state index contributed by atoms with van der Waals surface area (Å²) >= 11 is 7.41. The van der Waals surface area contributed by atoms with Crippen LogP contribution >= 0.6 is 23.4 Å². The third-order valence-corrected chi connectivity index (χ3v) is 6.90. The van der Waals surface area contributed by atoms with E-state index in [1.807, 2.05) is 54.8 Å². The second-order valence-corrected chi connectivity index (χ2v) is 9.63. The Kier molecular flexibility index (Phi) is 6.83. The fraction of sp³-hybridized carbons (Fsp3) is 0.348. The van der Waals surface area contributed by atoms with Gasteiger partial charge in [0.2, 0.25) is 5.91 Å². The second-order valence-electron chi connectivity index (χ2n) is 8.12. The highest BCUT2D eigenvalue weighted by Crippen LogP contribution is 2.38. The van der Waals surface area contributed by atoms with Crippen LogP contribution < -0.4 is 5.32 Å². The van der Waals surface area contributed by atoms with Crippen LogP contribution in [-0.2, 0) is 4.79 Å². The van der Waals surface area contributed by atoms with Gasteiger partial charge in [-0.1, -0.05) is 35.5 Å². The van der Waals surface area contributed by atoms with E-state index in [4.69, 9.17) is 11.6 Å². The van der Waals surface area contributed by atoms with Gasteiger partial charge in [0, 0.05) is 16.8 Å². The molecule has 0 radical (unpaired) electrons. The van der Waals surface area contributed by atoms with Crippen molar-refractivity contribution in [1.29, 1.82) is 0 Å². The molecule has 0 spiro atoms. The quantitative estimate of drug-likeness (QED) is 0.476. The Labute approximate surface area is 196 Å². The average molecular weight is 474 g/mol. The number of benzene rings is 2. The van der Waals surface area contributed by atoms with Crippen LogP contribution in [0.15, 0.2) is 53.7 Å². The first kappa shape index (κ1) is 22.8. The van der Waals surface area contributed by atoms with E-state index in [-0.39, 0.29) is 23.8 Å². The number of carbonyl (C=O) groups is 1. The molecule has 1 aromatic heterocycles. The number of carbonyl (C=O) groups excluding carboxylic acids is 1. The molecule has 1 N–H and O–H groups in total. The Morgan fingerprint density at radius 1 is 1.16 bits per heavy atom. The predicted octanol–water partition coefficient (Wildman–Crippen LogP) is 4.79. The summed E-state index contributed by atoms with van der Waals surface area (Å²) in [5, 5.41) is 12.6. The maximum Gasteiger partial charge on any atom is 0.238 e. The molecule has 2 unspecified atom stereocenters. The second kappa shape index (κ2) is 9.60. The molecule has 1 fully saturated rings. The molecule has 6 nitrogen and oxygen atoms in total. The van der Waals surface area contributed by atoms with Crippen molar-refractivity contribution in [3.63, 3.8) is 0 Å². The molecule has 9 heteroatoms. The first-order valence-electron chi connectivity index (χ1n) is 10.4. The SMILES string of the molecule is CC(c1nnc(SC(C(=O)NC2CC2)c2ccc(F)cc2)n1-c1ccc(Cl)cc1)N(C)C. The van der Waals surface area contributed by atoms with E-state index in [0.29, 0.717) is 15.7 Å². The molecule has 3 aromatic rings. The van der Waals surface area contributed by atoms with Crippen molar-refractivity contribution < 1.29 is 9.18 Å². The lowest BCUT2D eigenvalue weighted by molar-refractivity contribution is -0.120. The minimum absolute atomic E-state index is 0.0166. The number of nitrogens with zero attached hydrogens (tertiary/aromatic N) is 4. The number of hydrogen-bond acceptors (Lipinski definition) is 5. The Morgan fingerprint density at radius 2 is 1.81 bits per heavy atom. The van der Waals surface area contributed by atoms with Crippen molar-refractivity contribution in [3.05, 3.63) is 70.8 Å². The van der Waals surface area contributed by atoms with Crippen LogP contribution in [0.1, 0.15) is 42.4 Å². The van der Waals surface area contributed by atoms with E-state index in [0.717, 1.165) is 24.4 Å². The van der Waals surface area contributed by atoms with Crippen LogP contribution in [0, 0.1) is 5.82 Å². The number of aromatic nitrogens is 3. The average Bonchev–Trinajstić information content (AvgIpc) is 3.49. The van der Waals surface area contributed by atoms with Gasteiger partial charge in [0.15, 0.2) is 11.0 Å².